The molecular formula is C28H26FN5OS. The summed E-state index contributed by atoms with van der Waals surface area (Å²) in [4.78, 5) is 18.2. The van der Waals surface area contributed by atoms with Gasteiger partial charge in [0.2, 0.25) is 5.91 Å². The average Bonchev–Trinajstić information content (AvgIpc) is 3.35. The van der Waals surface area contributed by atoms with E-state index in [4.69, 9.17) is 12.2 Å². The monoisotopic (exact) mass is 499 g/mol. The highest BCUT2D eigenvalue weighted by Gasteiger charge is 2.42. The SMILES string of the molecule is CC(=O)Nc1ccc(N2C(=S)N[C@@H](c3ccccn3)[C@H]2c2cc(C)n(-c3ccccc3F)c2C)cc1. The van der Waals surface area contributed by atoms with Crippen molar-refractivity contribution >= 4 is 34.6 Å². The first-order chi connectivity index (χ1) is 17.3. The molecule has 182 valence electrons. The molecule has 5 rings (SSSR count). The highest BCUT2D eigenvalue weighted by atomic mass is 32.1. The van der Waals surface area contributed by atoms with Crippen LogP contribution in [0.1, 0.15) is 41.7 Å². The van der Waals surface area contributed by atoms with Crippen molar-refractivity contribution in [2.75, 3.05) is 10.2 Å². The molecule has 36 heavy (non-hydrogen) atoms. The molecule has 3 heterocycles. The van der Waals surface area contributed by atoms with Gasteiger partial charge >= 0.3 is 0 Å². The molecule has 0 radical (unpaired) electrons. The van der Waals surface area contributed by atoms with Gasteiger partial charge in [-0.3, -0.25) is 9.78 Å². The maximum absolute atomic E-state index is 14.8. The van der Waals surface area contributed by atoms with E-state index in [9.17, 15) is 9.18 Å². The van der Waals surface area contributed by atoms with Crippen LogP contribution in [-0.4, -0.2) is 20.6 Å². The van der Waals surface area contributed by atoms with Crippen LogP contribution in [0.4, 0.5) is 15.8 Å². The highest BCUT2D eigenvalue weighted by Crippen LogP contribution is 2.44. The Morgan fingerprint density at radius 1 is 1.06 bits per heavy atom. The van der Waals surface area contributed by atoms with E-state index < -0.39 is 0 Å². The zero-order valence-corrected chi connectivity index (χ0v) is 21.0. The fourth-order valence-corrected chi connectivity index (χ4v) is 5.29. The molecule has 2 aromatic heterocycles. The number of benzene rings is 2. The van der Waals surface area contributed by atoms with Crippen LogP contribution in [0.5, 0.6) is 0 Å². The van der Waals surface area contributed by atoms with Crippen molar-refractivity contribution in [1.82, 2.24) is 14.9 Å². The molecule has 0 bridgehead atoms. The molecule has 0 unspecified atom stereocenters. The molecule has 0 aliphatic carbocycles. The number of hydrogen-bond donors (Lipinski definition) is 2. The van der Waals surface area contributed by atoms with Gasteiger partial charge in [0.25, 0.3) is 0 Å². The van der Waals surface area contributed by atoms with Gasteiger partial charge in [-0.2, -0.15) is 0 Å². The normalized spacial score (nSPS) is 17.2. The Bertz CT molecular complexity index is 1430. The summed E-state index contributed by atoms with van der Waals surface area (Å²) in [5.41, 5.74) is 5.82. The quantitative estimate of drug-likeness (QED) is 0.342. The number of halogens is 1. The number of nitrogens with zero attached hydrogens (tertiary/aromatic N) is 3. The molecule has 1 fully saturated rings. The summed E-state index contributed by atoms with van der Waals surface area (Å²) < 4.78 is 16.7. The van der Waals surface area contributed by atoms with Gasteiger partial charge in [-0.1, -0.05) is 18.2 Å². The van der Waals surface area contributed by atoms with Crippen LogP contribution in [0.25, 0.3) is 5.69 Å². The maximum Gasteiger partial charge on any atom is 0.221 e. The third kappa shape index (κ3) is 4.24. The number of hydrogen-bond acceptors (Lipinski definition) is 3. The van der Waals surface area contributed by atoms with E-state index >= 15 is 0 Å². The summed E-state index contributed by atoms with van der Waals surface area (Å²) in [6.07, 6.45) is 1.77. The third-order valence-corrected chi connectivity index (χ3v) is 6.76. The van der Waals surface area contributed by atoms with Gasteiger partial charge in [0.05, 0.1) is 23.5 Å². The number of carbonyl (C=O) groups is 1. The summed E-state index contributed by atoms with van der Waals surface area (Å²) in [6.45, 7) is 5.46. The lowest BCUT2D eigenvalue weighted by molar-refractivity contribution is -0.114. The van der Waals surface area contributed by atoms with Crippen molar-refractivity contribution in [2.24, 2.45) is 0 Å². The average molecular weight is 500 g/mol. The maximum atomic E-state index is 14.8. The molecule has 2 aromatic carbocycles. The van der Waals surface area contributed by atoms with E-state index in [1.54, 1.807) is 18.3 Å². The molecule has 1 aliphatic rings. The Balaban J connectivity index is 1.64. The van der Waals surface area contributed by atoms with Crippen molar-refractivity contribution in [1.29, 1.82) is 0 Å². The van der Waals surface area contributed by atoms with E-state index in [0.29, 0.717) is 16.5 Å². The molecule has 1 amide bonds. The molecular weight excluding hydrogens is 473 g/mol. The van der Waals surface area contributed by atoms with Crippen LogP contribution < -0.4 is 15.5 Å². The van der Waals surface area contributed by atoms with E-state index in [0.717, 1.165) is 28.3 Å². The Hall–Kier alpha value is -4.04. The molecule has 0 saturated carbocycles. The second-order valence-electron chi connectivity index (χ2n) is 8.84. The summed E-state index contributed by atoms with van der Waals surface area (Å²) >= 11 is 5.83. The van der Waals surface area contributed by atoms with E-state index in [1.165, 1.54) is 13.0 Å². The Kier molecular flexibility index (Phi) is 6.28. The highest BCUT2D eigenvalue weighted by molar-refractivity contribution is 7.80. The summed E-state index contributed by atoms with van der Waals surface area (Å²) in [6, 6.07) is 21.8. The smallest absolute Gasteiger partial charge is 0.221 e. The lowest BCUT2D eigenvalue weighted by Gasteiger charge is -2.28. The fourth-order valence-electron chi connectivity index (χ4n) is 4.95. The summed E-state index contributed by atoms with van der Waals surface area (Å²) in [5.74, 6) is -0.410. The van der Waals surface area contributed by atoms with E-state index in [-0.39, 0.29) is 23.8 Å². The minimum Gasteiger partial charge on any atom is -0.351 e. The molecule has 2 atom stereocenters. The second kappa shape index (κ2) is 9.54. The van der Waals surface area contributed by atoms with Gasteiger partial charge in [0.15, 0.2) is 5.11 Å². The van der Waals surface area contributed by atoms with E-state index in [1.807, 2.05) is 66.9 Å². The molecule has 0 spiro atoms. The molecule has 6 nitrogen and oxygen atoms in total. The molecule has 4 aromatic rings. The first kappa shape index (κ1) is 23.7. The number of rotatable bonds is 5. The topological polar surface area (TPSA) is 62.2 Å². The number of nitrogens with one attached hydrogen (secondary N) is 2. The number of aryl methyl sites for hydroxylation is 1. The number of aromatic nitrogens is 2. The predicted molar refractivity (Wildman–Crippen MR) is 144 cm³/mol. The van der Waals surface area contributed by atoms with Crippen molar-refractivity contribution in [3.8, 4) is 5.69 Å². The Labute approximate surface area is 214 Å². The van der Waals surface area contributed by atoms with Crippen LogP contribution in [-0.2, 0) is 4.79 Å². The fraction of sp³-hybridized carbons (Fsp3) is 0.179. The zero-order chi connectivity index (χ0) is 25.4. The van der Waals surface area contributed by atoms with Gasteiger partial charge in [0, 0.05) is 35.9 Å². The predicted octanol–water partition coefficient (Wildman–Crippen LogP) is 5.76. The number of anilines is 2. The number of pyridine rings is 1. The lowest BCUT2D eigenvalue weighted by atomic mass is 9.96. The number of thiocarbonyl (C=S) groups is 1. The Morgan fingerprint density at radius 2 is 1.78 bits per heavy atom. The van der Waals surface area contributed by atoms with Crippen LogP contribution >= 0.6 is 12.2 Å². The molecule has 8 heteroatoms. The minimum absolute atomic E-state index is 0.130. The van der Waals surface area contributed by atoms with Crippen molar-refractivity contribution in [3.05, 3.63) is 107 Å². The van der Waals surface area contributed by atoms with Crippen LogP contribution in [0.3, 0.4) is 0 Å². The first-order valence-electron chi connectivity index (χ1n) is 11.7. The zero-order valence-electron chi connectivity index (χ0n) is 20.2. The van der Waals surface area contributed by atoms with Crippen molar-refractivity contribution in [3.63, 3.8) is 0 Å². The number of amides is 1. The van der Waals surface area contributed by atoms with Gasteiger partial charge < -0.3 is 20.1 Å². The minimum atomic E-state index is -0.280. The van der Waals surface area contributed by atoms with E-state index in [2.05, 4.69) is 26.6 Å². The van der Waals surface area contributed by atoms with Gasteiger partial charge in [-0.05, 0) is 86.2 Å². The first-order valence-corrected chi connectivity index (χ1v) is 12.1. The number of para-hydroxylation sites is 1. The molecule has 1 aliphatic heterocycles. The van der Waals surface area contributed by atoms with Gasteiger partial charge in [-0.15, -0.1) is 0 Å². The summed E-state index contributed by atoms with van der Waals surface area (Å²) in [7, 11) is 0. The number of carbonyl (C=O) groups excluding carboxylic acids is 1. The largest absolute Gasteiger partial charge is 0.351 e. The van der Waals surface area contributed by atoms with Crippen LogP contribution in [0.2, 0.25) is 0 Å². The lowest BCUT2D eigenvalue weighted by Crippen LogP contribution is -2.29. The Morgan fingerprint density at radius 3 is 2.44 bits per heavy atom. The molecule has 1 saturated heterocycles. The van der Waals surface area contributed by atoms with Crippen molar-refractivity contribution in [2.45, 2.75) is 32.9 Å². The van der Waals surface area contributed by atoms with Crippen molar-refractivity contribution < 1.29 is 9.18 Å². The van der Waals surface area contributed by atoms with Crippen LogP contribution in [0.15, 0.2) is 79.0 Å². The standard InChI is InChI=1S/C28H26FN5OS/c1-17-16-22(18(2)33(17)25-10-5-4-8-23(25)29)27-26(24-9-6-7-15-30-24)32-28(36)34(27)21-13-11-20(12-14-21)31-19(3)35/h4-16,26-27H,1-3H3,(H,31,35)(H,32,36)/t26-,27+/m0/s1. The summed E-state index contributed by atoms with van der Waals surface area (Å²) in [5, 5.41) is 6.83. The van der Waals surface area contributed by atoms with Gasteiger partial charge in [-0.25, -0.2) is 4.39 Å². The second-order valence-corrected chi connectivity index (χ2v) is 9.22. The van der Waals surface area contributed by atoms with Gasteiger partial charge in [0.1, 0.15) is 5.82 Å². The molecule has 2 N–H and O–H groups in total. The van der Waals surface area contributed by atoms with Crippen LogP contribution in [0, 0.1) is 19.7 Å². The third-order valence-electron chi connectivity index (χ3n) is 6.45.